The van der Waals surface area contributed by atoms with Gasteiger partial charge in [-0.05, 0) is 45.1 Å². The molecule has 0 spiro atoms. The van der Waals surface area contributed by atoms with Crippen molar-refractivity contribution in [2.75, 3.05) is 40.3 Å². The number of piperidine rings is 2. The van der Waals surface area contributed by atoms with E-state index in [0.717, 1.165) is 31.8 Å². The van der Waals surface area contributed by atoms with Crippen LogP contribution in [0.25, 0.3) is 0 Å². The van der Waals surface area contributed by atoms with E-state index >= 15 is 0 Å². The molecule has 1 aliphatic carbocycles. The van der Waals surface area contributed by atoms with Gasteiger partial charge in [-0.1, -0.05) is 25.7 Å². The normalized spacial score (nSPS) is 26.4. The van der Waals surface area contributed by atoms with Crippen LogP contribution >= 0.6 is 0 Å². The minimum Gasteiger partial charge on any atom is -0.352 e. The highest BCUT2D eigenvalue weighted by molar-refractivity contribution is 5.80. The fourth-order valence-corrected chi connectivity index (χ4v) is 5.01. The maximum Gasteiger partial charge on any atom is 0.319 e. The third-order valence-electron chi connectivity index (χ3n) is 6.66. The van der Waals surface area contributed by atoms with Crippen molar-refractivity contribution in [2.24, 2.45) is 5.92 Å². The average molecular weight is 379 g/mol. The van der Waals surface area contributed by atoms with Crippen molar-refractivity contribution in [1.82, 2.24) is 20.0 Å². The Labute approximate surface area is 164 Å². The Kier molecular flexibility index (Phi) is 7.39. The maximum atomic E-state index is 12.8. The summed E-state index contributed by atoms with van der Waals surface area (Å²) in [6, 6.07) is 1.09. The molecule has 1 atom stereocenters. The first-order chi connectivity index (χ1) is 13.0. The fraction of sp³-hybridized carbons (Fsp3) is 0.905. The topological polar surface area (TPSA) is 55.9 Å². The molecule has 1 saturated carbocycles. The van der Waals surface area contributed by atoms with E-state index in [0.29, 0.717) is 19.1 Å². The van der Waals surface area contributed by atoms with Crippen LogP contribution in [0.3, 0.4) is 0 Å². The lowest BCUT2D eigenvalue weighted by Crippen LogP contribution is -2.53. The van der Waals surface area contributed by atoms with Crippen molar-refractivity contribution in [1.29, 1.82) is 0 Å². The average Bonchev–Trinajstić information content (AvgIpc) is 2.97. The monoisotopic (exact) mass is 378 g/mol. The van der Waals surface area contributed by atoms with Gasteiger partial charge in [0.1, 0.15) is 0 Å². The van der Waals surface area contributed by atoms with Gasteiger partial charge in [0.2, 0.25) is 5.91 Å². The number of hydrogen-bond acceptors (Lipinski definition) is 3. The Morgan fingerprint density at radius 1 is 0.852 bits per heavy atom. The number of urea groups is 1. The first kappa shape index (κ1) is 20.4. The molecule has 1 N–H and O–H groups in total. The molecule has 0 bridgehead atoms. The zero-order chi connectivity index (χ0) is 19.2. The molecular formula is C21H38N4O2. The van der Waals surface area contributed by atoms with Gasteiger partial charge in [-0.3, -0.25) is 9.69 Å². The van der Waals surface area contributed by atoms with Crippen LogP contribution in [0.4, 0.5) is 4.79 Å². The van der Waals surface area contributed by atoms with Crippen LogP contribution in [0.2, 0.25) is 0 Å². The fourth-order valence-electron chi connectivity index (χ4n) is 5.01. The number of rotatable bonds is 3. The van der Waals surface area contributed by atoms with Crippen LogP contribution < -0.4 is 5.32 Å². The molecular weight excluding hydrogens is 340 g/mol. The molecule has 3 aliphatic rings. The first-order valence-electron chi connectivity index (χ1n) is 11.0. The molecule has 2 heterocycles. The van der Waals surface area contributed by atoms with Gasteiger partial charge < -0.3 is 15.1 Å². The largest absolute Gasteiger partial charge is 0.352 e. The molecule has 0 aromatic heterocycles. The summed E-state index contributed by atoms with van der Waals surface area (Å²) in [5, 5.41) is 3.35. The number of amides is 3. The molecule has 2 saturated heterocycles. The lowest BCUT2D eigenvalue weighted by molar-refractivity contribution is -0.127. The van der Waals surface area contributed by atoms with Crippen molar-refractivity contribution in [3.05, 3.63) is 0 Å². The molecule has 154 valence electrons. The predicted molar refractivity (Wildman–Crippen MR) is 108 cm³/mol. The second-order valence-corrected chi connectivity index (χ2v) is 8.93. The van der Waals surface area contributed by atoms with E-state index in [-0.39, 0.29) is 17.9 Å². The van der Waals surface area contributed by atoms with E-state index < -0.39 is 0 Å². The quantitative estimate of drug-likeness (QED) is 0.768. The van der Waals surface area contributed by atoms with E-state index in [1.54, 1.807) is 19.0 Å². The summed E-state index contributed by atoms with van der Waals surface area (Å²) in [6.07, 6.45) is 12.0. The van der Waals surface area contributed by atoms with Crippen molar-refractivity contribution >= 4 is 11.9 Å². The minimum absolute atomic E-state index is 0.0557. The van der Waals surface area contributed by atoms with E-state index in [4.69, 9.17) is 0 Å². The van der Waals surface area contributed by atoms with Gasteiger partial charge in [-0.25, -0.2) is 4.79 Å². The first-order valence-corrected chi connectivity index (χ1v) is 11.0. The van der Waals surface area contributed by atoms with Gasteiger partial charge in [0.05, 0.1) is 0 Å². The zero-order valence-electron chi connectivity index (χ0n) is 17.3. The van der Waals surface area contributed by atoms with E-state index in [1.807, 2.05) is 4.90 Å². The van der Waals surface area contributed by atoms with Crippen molar-refractivity contribution < 1.29 is 9.59 Å². The Hall–Kier alpha value is -1.30. The Bertz CT molecular complexity index is 494. The summed E-state index contributed by atoms with van der Waals surface area (Å²) in [4.78, 5) is 30.9. The molecule has 3 rings (SSSR count). The van der Waals surface area contributed by atoms with Crippen LogP contribution in [-0.2, 0) is 4.79 Å². The van der Waals surface area contributed by atoms with Crippen LogP contribution in [0.1, 0.15) is 64.2 Å². The molecule has 27 heavy (non-hydrogen) atoms. The van der Waals surface area contributed by atoms with Crippen LogP contribution in [0, 0.1) is 5.92 Å². The summed E-state index contributed by atoms with van der Waals surface area (Å²) < 4.78 is 0. The SMILES string of the molecule is CN(C)C(=O)N1CCC(C(=O)N[C@H]2CCCN(C3CCCCCC3)C2)CC1. The minimum atomic E-state index is 0.0557. The Morgan fingerprint density at radius 2 is 1.52 bits per heavy atom. The molecule has 3 amide bonds. The van der Waals surface area contributed by atoms with E-state index in [2.05, 4.69) is 10.2 Å². The number of nitrogens with one attached hydrogen (secondary N) is 1. The van der Waals surface area contributed by atoms with E-state index in [9.17, 15) is 9.59 Å². The summed E-state index contributed by atoms with van der Waals surface area (Å²) >= 11 is 0. The van der Waals surface area contributed by atoms with Gasteiger partial charge in [-0.2, -0.15) is 0 Å². The van der Waals surface area contributed by atoms with Crippen LogP contribution in [0.5, 0.6) is 0 Å². The highest BCUT2D eigenvalue weighted by atomic mass is 16.2. The van der Waals surface area contributed by atoms with E-state index in [1.165, 1.54) is 51.5 Å². The highest BCUT2D eigenvalue weighted by Crippen LogP contribution is 2.25. The highest BCUT2D eigenvalue weighted by Gasteiger charge is 2.31. The molecule has 6 heteroatoms. The van der Waals surface area contributed by atoms with Gasteiger partial charge >= 0.3 is 6.03 Å². The maximum absolute atomic E-state index is 12.8. The molecule has 0 aromatic rings. The summed E-state index contributed by atoms with van der Waals surface area (Å²) in [7, 11) is 3.56. The Morgan fingerprint density at radius 3 is 2.15 bits per heavy atom. The Balaban J connectivity index is 1.44. The predicted octanol–water partition coefficient (Wildman–Crippen LogP) is 2.68. The molecule has 0 radical (unpaired) electrons. The third-order valence-corrected chi connectivity index (χ3v) is 6.66. The molecule has 0 aromatic carbocycles. The summed E-state index contributed by atoms with van der Waals surface area (Å²) in [6.45, 7) is 3.60. The van der Waals surface area contributed by atoms with Crippen molar-refractivity contribution in [3.8, 4) is 0 Å². The molecule has 0 unspecified atom stereocenters. The number of nitrogens with zero attached hydrogens (tertiary/aromatic N) is 3. The molecule has 2 aliphatic heterocycles. The lowest BCUT2D eigenvalue weighted by Gasteiger charge is -2.39. The summed E-state index contributed by atoms with van der Waals surface area (Å²) in [5.41, 5.74) is 0. The standard InChI is InChI=1S/C21H38N4O2/c1-23(2)21(27)24-14-11-17(12-15-24)20(26)22-18-8-7-13-25(16-18)19-9-5-3-4-6-10-19/h17-19H,3-16H2,1-2H3,(H,22,26)/t18-/m0/s1. The van der Waals surface area contributed by atoms with Crippen molar-refractivity contribution in [2.45, 2.75) is 76.3 Å². The van der Waals surface area contributed by atoms with Crippen LogP contribution in [-0.4, -0.2) is 79.0 Å². The third kappa shape index (κ3) is 5.59. The zero-order valence-corrected chi connectivity index (χ0v) is 17.3. The van der Waals surface area contributed by atoms with Crippen LogP contribution in [0.15, 0.2) is 0 Å². The number of hydrogen-bond donors (Lipinski definition) is 1. The number of carbonyl (C=O) groups excluding carboxylic acids is 2. The van der Waals surface area contributed by atoms with Gasteiger partial charge in [-0.15, -0.1) is 0 Å². The number of carbonyl (C=O) groups is 2. The molecule has 6 nitrogen and oxygen atoms in total. The molecule has 3 fully saturated rings. The van der Waals surface area contributed by atoms with Gasteiger partial charge in [0.15, 0.2) is 0 Å². The smallest absolute Gasteiger partial charge is 0.319 e. The number of likely N-dealkylation sites (tertiary alicyclic amines) is 2. The van der Waals surface area contributed by atoms with Gasteiger partial charge in [0.25, 0.3) is 0 Å². The van der Waals surface area contributed by atoms with Gasteiger partial charge in [0, 0.05) is 51.7 Å². The summed E-state index contributed by atoms with van der Waals surface area (Å²) in [5.74, 6) is 0.268. The second kappa shape index (κ2) is 9.76. The van der Waals surface area contributed by atoms with Crippen molar-refractivity contribution in [3.63, 3.8) is 0 Å². The second-order valence-electron chi connectivity index (χ2n) is 8.93. The lowest BCUT2D eigenvalue weighted by atomic mass is 9.94.